The molecule has 13 heteroatoms. The van der Waals surface area contributed by atoms with Gasteiger partial charge >= 0.3 is 0 Å². The fourth-order valence-electron chi connectivity index (χ4n) is 4.17. The Bertz CT molecular complexity index is 1490. The lowest BCUT2D eigenvalue weighted by atomic mass is 9.99. The molecule has 0 spiro atoms. The number of thiol groups is 1. The minimum Gasteiger partial charge on any atom is -0.310 e. The van der Waals surface area contributed by atoms with E-state index in [9.17, 15) is 21.6 Å². The van der Waals surface area contributed by atoms with Crippen molar-refractivity contribution in [1.29, 1.82) is 0 Å². The number of rotatable bonds is 9. The zero-order chi connectivity index (χ0) is 26.2. The number of anilines is 1. The number of fused-ring (bicyclic) bond motifs is 1. The molecular formula is C23H28N6O5S2. The van der Waals surface area contributed by atoms with Gasteiger partial charge in [-0.2, -0.15) is 0 Å². The number of sulfonamides is 1. The van der Waals surface area contributed by atoms with Gasteiger partial charge in [-0.25, -0.2) is 21.8 Å². The van der Waals surface area contributed by atoms with E-state index in [1.54, 1.807) is 23.4 Å². The first-order valence-electron chi connectivity index (χ1n) is 11.5. The smallest absolute Gasteiger partial charge is 0.260 e. The molecule has 0 fully saturated rings. The van der Waals surface area contributed by atoms with Crippen LogP contribution >= 0.6 is 0 Å². The van der Waals surface area contributed by atoms with Crippen molar-refractivity contribution in [2.75, 3.05) is 17.2 Å². The Kier molecular flexibility index (Phi) is 7.25. The van der Waals surface area contributed by atoms with E-state index >= 15 is 0 Å². The Balaban J connectivity index is 1.60. The van der Waals surface area contributed by atoms with Gasteiger partial charge in [-0.1, -0.05) is 15.8 Å². The number of carbonyl (C=O) groups is 1. The second-order valence-corrected chi connectivity index (χ2v) is 12.2. The highest BCUT2D eigenvalue weighted by Crippen LogP contribution is 2.31. The molecule has 192 valence electrons. The number of hydrogen-bond donors (Lipinski definition) is 1. The number of carbonyl (C=O) groups excluding carboxylic acids is 1. The van der Waals surface area contributed by atoms with Crippen molar-refractivity contribution >= 4 is 32.6 Å². The van der Waals surface area contributed by atoms with Crippen molar-refractivity contribution in [3.8, 4) is 11.5 Å². The highest BCUT2D eigenvalue weighted by atomic mass is 32.3. The van der Waals surface area contributed by atoms with Crippen LogP contribution in [0, 0.1) is 6.92 Å². The molecule has 11 nitrogen and oxygen atoms in total. The van der Waals surface area contributed by atoms with Gasteiger partial charge in [0.25, 0.3) is 5.91 Å². The van der Waals surface area contributed by atoms with E-state index in [0.717, 1.165) is 11.1 Å². The lowest BCUT2D eigenvalue weighted by Gasteiger charge is -2.16. The average Bonchev–Trinajstić information content (AvgIpc) is 3.44. The largest absolute Gasteiger partial charge is 0.310 e. The topological polar surface area (TPSA) is 135 Å². The molecule has 0 bridgehead atoms. The Labute approximate surface area is 211 Å². The molecule has 1 aliphatic rings. The molecule has 0 saturated carbocycles. The normalized spacial score (nSPS) is 13.9. The molecule has 0 radical (unpaired) electrons. The van der Waals surface area contributed by atoms with Gasteiger partial charge in [0.05, 0.1) is 12.3 Å². The van der Waals surface area contributed by atoms with Crippen molar-refractivity contribution in [1.82, 2.24) is 23.5 Å². The minimum absolute atomic E-state index is 0.141. The first-order valence-corrected chi connectivity index (χ1v) is 14.2. The molecule has 36 heavy (non-hydrogen) atoms. The molecule has 3 aromatic rings. The van der Waals surface area contributed by atoms with Gasteiger partial charge in [-0.05, 0) is 69.0 Å². The van der Waals surface area contributed by atoms with Gasteiger partial charge in [0.1, 0.15) is 17.8 Å². The minimum atomic E-state index is -3.90. The second kappa shape index (κ2) is 10.1. The van der Waals surface area contributed by atoms with Gasteiger partial charge in [-0.3, -0.25) is 9.69 Å². The number of aryl methyl sites for hydroxylation is 1. The van der Waals surface area contributed by atoms with E-state index in [2.05, 4.69) is 15.2 Å². The average molecular weight is 533 g/mol. The standard InChI is InChI=1S/C23H28N6O5S2/c1-5-36(33,34)29(35(31)32)10-9-17-12-19-18(11-16(17)4)13-27(23(19)30)21-8-6-7-20(25-21)22-26-24-14-28(22)15(2)3/h6-8,11-12,14-15,35H,5,9-10,13H2,1-4H3. The van der Waals surface area contributed by atoms with Gasteiger partial charge in [-0.15, -0.1) is 10.2 Å². The van der Waals surface area contributed by atoms with Gasteiger partial charge in [0.15, 0.2) is 5.82 Å². The molecule has 0 N–H and O–H groups in total. The molecule has 4 rings (SSSR count). The summed E-state index contributed by atoms with van der Waals surface area (Å²) in [6.07, 6.45) is 1.80. The summed E-state index contributed by atoms with van der Waals surface area (Å²) in [5.74, 6) is 0.549. The van der Waals surface area contributed by atoms with Gasteiger partial charge in [0, 0.05) is 18.2 Å². The number of hydrogen-bond acceptors (Lipinski definition) is 8. The van der Waals surface area contributed by atoms with Crippen molar-refractivity contribution in [3.63, 3.8) is 0 Å². The summed E-state index contributed by atoms with van der Waals surface area (Å²) in [6, 6.07) is 9.15. The Morgan fingerprint density at radius 1 is 1.19 bits per heavy atom. The molecule has 1 amide bonds. The van der Waals surface area contributed by atoms with Gasteiger partial charge in [0.2, 0.25) is 20.9 Å². The second-order valence-electron chi connectivity index (χ2n) is 8.80. The monoisotopic (exact) mass is 532 g/mol. The molecule has 0 saturated heterocycles. The van der Waals surface area contributed by atoms with Crippen molar-refractivity contribution in [2.45, 2.75) is 46.7 Å². The van der Waals surface area contributed by atoms with Crippen LogP contribution in [0.25, 0.3) is 11.5 Å². The summed E-state index contributed by atoms with van der Waals surface area (Å²) < 4.78 is 49.7. The number of nitrogens with zero attached hydrogens (tertiary/aromatic N) is 6. The summed E-state index contributed by atoms with van der Waals surface area (Å²) in [5, 5.41) is 8.17. The Hall–Kier alpha value is -3.16. The zero-order valence-electron chi connectivity index (χ0n) is 20.4. The fraction of sp³-hybridized carbons (Fsp3) is 0.391. The zero-order valence-corrected chi connectivity index (χ0v) is 22.2. The van der Waals surface area contributed by atoms with E-state index in [1.165, 1.54) is 6.92 Å². The van der Waals surface area contributed by atoms with Crippen LogP contribution in [-0.2, 0) is 33.9 Å². The number of aromatic nitrogens is 4. The molecular weight excluding hydrogens is 504 g/mol. The first kappa shape index (κ1) is 25.9. The third-order valence-electron chi connectivity index (χ3n) is 6.18. The summed E-state index contributed by atoms with van der Waals surface area (Å²) in [5.41, 5.74) is 3.48. The summed E-state index contributed by atoms with van der Waals surface area (Å²) in [6.45, 7) is 7.41. The highest BCUT2D eigenvalue weighted by molar-refractivity contribution is 7.97. The van der Waals surface area contributed by atoms with Crippen LogP contribution in [0.4, 0.5) is 5.82 Å². The molecule has 1 aliphatic heterocycles. The van der Waals surface area contributed by atoms with Crippen LogP contribution in [0.1, 0.15) is 53.9 Å². The van der Waals surface area contributed by atoms with Crippen LogP contribution in [0.5, 0.6) is 0 Å². The predicted octanol–water partition coefficient (Wildman–Crippen LogP) is 2.11. The summed E-state index contributed by atoms with van der Waals surface area (Å²) in [4.78, 5) is 19.6. The lowest BCUT2D eigenvalue weighted by molar-refractivity contribution is 0.0996. The molecule has 3 heterocycles. The SMILES string of the molecule is CCS(=O)(=O)N(CCc1cc2c(cc1C)CN(c1cccc(-c3nncn3C(C)C)n1)C2=O)[SH](=O)=O. The molecule has 0 unspecified atom stereocenters. The Morgan fingerprint density at radius 3 is 2.61 bits per heavy atom. The van der Waals surface area contributed by atoms with Crippen molar-refractivity contribution in [3.05, 3.63) is 58.9 Å². The number of amides is 1. The van der Waals surface area contributed by atoms with Crippen LogP contribution in [0.2, 0.25) is 0 Å². The molecule has 0 aliphatic carbocycles. The van der Waals surface area contributed by atoms with Crippen LogP contribution in [0.15, 0.2) is 36.7 Å². The third-order valence-corrected chi connectivity index (χ3v) is 9.44. The number of pyridine rings is 1. The predicted molar refractivity (Wildman–Crippen MR) is 136 cm³/mol. The summed E-state index contributed by atoms with van der Waals surface area (Å²) >= 11 is 0. The highest BCUT2D eigenvalue weighted by Gasteiger charge is 2.31. The van der Waals surface area contributed by atoms with Gasteiger partial charge < -0.3 is 4.57 Å². The maximum Gasteiger partial charge on any atom is 0.260 e. The third kappa shape index (κ3) is 4.90. The van der Waals surface area contributed by atoms with Crippen LogP contribution < -0.4 is 4.90 Å². The molecule has 0 atom stereocenters. The van der Waals surface area contributed by atoms with E-state index in [-0.39, 0.29) is 30.7 Å². The summed E-state index contributed by atoms with van der Waals surface area (Å²) in [7, 11) is -7.19. The van der Waals surface area contributed by atoms with Crippen molar-refractivity contribution < 1.29 is 21.6 Å². The lowest BCUT2D eigenvalue weighted by Crippen LogP contribution is -2.33. The maximum atomic E-state index is 13.3. The molecule has 1 aromatic carbocycles. The number of benzene rings is 1. The Morgan fingerprint density at radius 2 is 1.94 bits per heavy atom. The van der Waals surface area contributed by atoms with E-state index in [1.807, 2.05) is 43.5 Å². The first-order chi connectivity index (χ1) is 17.0. The van der Waals surface area contributed by atoms with E-state index < -0.39 is 20.9 Å². The van der Waals surface area contributed by atoms with Crippen LogP contribution in [0.3, 0.4) is 0 Å². The molecule has 2 aromatic heterocycles. The quantitative estimate of drug-likeness (QED) is 0.414. The fourth-order valence-corrected chi connectivity index (χ4v) is 6.26. The van der Waals surface area contributed by atoms with Crippen LogP contribution in [-0.4, -0.2) is 58.5 Å². The van der Waals surface area contributed by atoms with Crippen molar-refractivity contribution in [2.24, 2.45) is 0 Å². The van der Waals surface area contributed by atoms with E-state index in [0.29, 0.717) is 38.7 Å². The van der Waals surface area contributed by atoms with E-state index in [4.69, 9.17) is 0 Å². The maximum absolute atomic E-state index is 13.3.